The molecule has 1 aliphatic heterocycles. The van der Waals surface area contributed by atoms with Gasteiger partial charge in [-0.2, -0.15) is 11.8 Å². The van der Waals surface area contributed by atoms with Crippen molar-refractivity contribution in [2.75, 3.05) is 23.4 Å². The van der Waals surface area contributed by atoms with Crippen LogP contribution in [-0.4, -0.2) is 30.0 Å². The summed E-state index contributed by atoms with van der Waals surface area (Å²) >= 11 is 1.83. The van der Waals surface area contributed by atoms with Crippen molar-refractivity contribution in [2.24, 2.45) is 0 Å². The van der Waals surface area contributed by atoms with Gasteiger partial charge >= 0.3 is 0 Å². The van der Waals surface area contributed by atoms with E-state index in [4.69, 9.17) is 0 Å². The molecule has 3 nitrogen and oxygen atoms in total. The number of carbonyl (C=O) groups excluding carboxylic acids is 1. The lowest BCUT2D eigenvalue weighted by Crippen LogP contribution is -2.46. The van der Waals surface area contributed by atoms with Gasteiger partial charge in [0.15, 0.2) is 0 Å². The van der Waals surface area contributed by atoms with Crippen molar-refractivity contribution in [1.82, 2.24) is 5.32 Å². The Morgan fingerprint density at radius 3 is 2.89 bits per heavy atom. The molecule has 0 saturated carbocycles. The third kappa shape index (κ3) is 3.27. The topological polar surface area (TPSA) is 41.1 Å². The second-order valence-corrected chi connectivity index (χ2v) is 5.96. The van der Waals surface area contributed by atoms with Gasteiger partial charge in [-0.1, -0.05) is 32.0 Å². The van der Waals surface area contributed by atoms with Crippen molar-refractivity contribution in [1.29, 1.82) is 0 Å². The maximum absolute atomic E-state index is 12.2. The molecule has 1 aromatic rings. The van der Waals surface area contributed by atoms with Crippen LogP contribution in [0.3, 0.4) is 0 Å². The molecule has 0 spiro atoms. The largest absolute Gasteiger partial charge is 0.324 e. The van der Waals surface area contributed by atoms with Crippen LogP contribution in [-0.2, 0) is 4.79 Å². The lowest BCUT2D eigenvalue weighted by molar-refractivity contribution is -0.117. The second-order valence-electron chi connectivity index (χ2n) is 4.81. The maximum Gasteiger partial charge on any atom is 0.242 e. The number of carbonyl (C=O) groups is 1. The highest BCUT2D eigenvalue weighted by atomic mass is 32.2. The number of hydrogen-bond acceptors (Lipinski definition) is 3. The van der Waals surface area contributed by atoms with E-state index in [1.54, 1.807) is 0 Å². The Kier molecular flexibility index (Phi) is 4.66. The predicted molar refractivity (Wildman–Crippen MR) is 78.3 cm³/mol. The summed E-state index contributed by atoms with van der Waals surface area (Å²) in [6.07, 6.45) is 0. The summed E-state index contributed by atoms with van der Waals surface area (Å²) in [7, 11) is 0. The number of benzene rings is 1. The quantitative estimate of drug-likeness (QED) is 0.881. The molecular formula is C14H20N2OS. The number of amides is 1. The molecule has 1 aliphatic rings. The molecule has 1 amide bonds. The lowest BCUT2D eigenvalue weighted by atomic mass is 10.0. The Labute approximate surface area is 113 Å². The molecular weight excluding hydrogens is 244 g/mol. The van der Waals surface area contributed by atoms with E-state index in [1.165, 1.54) is 5.56 Å². The molecule has 1 aromatic carbocycles. The zero-order chi connectivity index (χ0) is 13.0. The number of anilines is 1. The molecule has 98 valence electrons. The van der Waals surface area contributed by atoms with Gasteiger partial charge in [-0.3, -0.25) is 4.79 Å². The Hall–Kier alpha value is -1.000. The zero-order valence-electron chi connectivity index (χ0n) is 10.9. The third-order valence-electron chi connectivity index (χ3n) is 3.08. The minimum absolute atomic E-state index is 0.0658. The lowest BCUT2D eigenvalue weighted by Gasteiger charge is -2.23. The molecule has 18 heavy (non-hydrogen) atoms. The van der Waals surface area contributed by atoms with Crippen LogP contribution in [0.25, 0.3) is 0 Å². The predicted octanol–water partition coefficient (Wildman–Crippen LogP) is 2.45. The maximum atomic E-state index is 12.2. The van der Waals surface area contributed by atoms with Crippen LogP contribution in [0.4, 0.5) is 5.69 Å². The molecule has 2 rings (SSSR count). The smallest absolute Gasteiger partial charge is 0.242 e. The van der Waals surface area contributed by atoms with E-state index in [9.17, 15) is 4.79 Å². The number of nitrogens with one attached hydrogen (secondary N) is 2. The molecule has 1 saturated heterocycles. The number of hydrogen-bond donors (Lipinski definition) is 2. The van der Waals surface area contributed by atoms with Crippen molar-refractivity contribution >= 4 is 23.4 Å². The second kappa shape index (κ2) is 6.25. The first kappa shape index (κ1) is 13.4. The van der Waals surface area contributed by atoms with Crippen LogP contribution in [0.1, 0.15) is 25.3 Å². The van der Waals surface area contributed by atoms with Gasteiger partial charge in [0.2, 0.25) is 5.91 Å². The van der Waals surface area contributed by atoms with E-state index in [-0.39, 0.29) is 11.9 Å². The van der Waals surface area contributed by atoms with Gasteiger partial charge in [0.1, 0.15) is 0 Å². The summed E-state index contributed by atoms with van der Waals surface area (Å²) in [6, 6.07) is 7.96. The molecule has 4 heteroatoms. The Morgan fingerprint density at radius 1 is 1.44 bits per heavy atom. The molecule has 0 bridgehead atoms. The van der Waals surface area contributed by atoms with Crippen molar-refractivity contribution in [3.63, 3.8) is 0 Å². The normalized spacial score (nSPS) is 19.8. The average molecular weight is 264 g/mol. The minimum atomic E-state index is -0.0658. The molecule has 0 radical (unpaired) electrons. The van der Waals surface area contributed by atoms with Crippen molar-refractivity contribution in [3.05, 3.63) is 29.8 Å². The number of para-hydroxylation sites is 1. The van der Waals surface area contributed by atoms with Crippen molar-refractivity contribution in [2.45, 2.75) is 25.8 Å². The Bertz CT molecular complexity index is 414. The minimum Gasteiger partial charge on any atom is -0.324 e. The van der Waals surface area contributed by atoms with Gasteiger partial charge in [0.05, 0.1) is 6.04 Å². The summed E-state index contributed by atoms with van der Waals surface area (Å²) in [6.45, 7) is 5.19. The summed E-state index contributed by atoms with van der Waals surface area (Å²) in [5.41, 5.74) is 2.13. The van der Waals surface area contributed by atoms with E-state index in [0.717, 1.165) is 23.7 Å². The fourth-order valence-corrected chi connectivity index (χ4v) is 3.00. The van der Waals surface area contributed by atoms with Crippen LogP contribution in [0, 0.1) is 0 Å². The molecule has 1 heterocycles. The van der Waals surface area contributed by atoms with Gasteiger partial charge in [-0.25, -0.2) is 0 Å². The van der Waals surface area contributed by atoms with Gasteiger partial charge in [-0.05, 0) is 17.5 Å². The Balaban J connectivity index is 2.06. The van der Waals surface area contributed by atoms with E-state index in [2.05, 4.69) is 30.5 Å². The molecule has 1 unspecified atom stereocenters. The van der Waals surface area contributed by atoms with Crippen molar-refractivity contribution in [3.8, 4) is 0 Å². The van der Waals surface area contributed by atoms with E-state index in [0.29, 0.717) is 5.92 Å². The average Bonchev–Trinajstić information content (AvgIpc) is 2.40. The van der Waals surface area contributed by atoms with Crippen LogP contribution in [0.2, 0.25) is 0 Å². The third-order valence-corrected chi connectivity index (χ3v) is 4.14. The molecule has 0 aromatic heterocycles. The summed E-state index contributed by atoms with van der Waals surface area (Å²) in [4.78, 5) is 12.2. The summed E-state index contributed by atoms with van der Waals surface area (Å²) in [5.74, 6) is 2.44. The van der Waals surface area contributed by atoms with Gasteiger partial charge in [-0.15, -0.1) is 0 Å². The zero-order valence-corrected chi connectivity index (χ0v) is 11.7. The summed E-state index contributed by atoms with van der Waals surface area (Å²) in [5, 5.41) is 6.30. The standard InChI is InChI=1S/C14H20N2OS/c1-10(2)11-5-3-4-6-12(11)16-14(17)13-9-18-8-7-15-13/h3-6,10,13,15H,7-9H2,1-2H3,(H,16,17). The fourth-order valence-electron chi connectivity index (χ4n) is 2.07. The first-order chi connectivity index (χ1) is 8.68. The Morgan fingerprint density at radius 2 is 2.22 bits per heavy atom. The summed E-state index contributed by atoms with van der Waals surface area (Å²) < 4.78 is 0. The number of thioether (sulfide) groups is 1. The van der Waals surface area contributed by atoms with Crippen LogP contribution in [0.15, 0.2) is 24.3 Å². The first-order valence-corrected chi connectivity index (χ1v) is 7.55. The molecule has 1 fully saturated rings. The SMILES string of the molecule is CC(C)c1ccccc1NC(=O)C1CSCCN1. The van der Waals surface area contributed by atoms with Crippen molar-refractivity contribution < 1.29 is 4.79 Å². The molecule has 1 atom stereocenters. The van der Waals surface area contributed by atoms with E-state index in [1.807, 2.05) is 30.0 Å². The van der Waals surface area contributed by atoms with Crippen LogP contribution < -0.4 is 10.6 Å². The first-order valence-electron chi connectivity index (χ1n) is 6.39. The highest BCUT2D eigenvalue weighted by molar-refractivity contribution is 7.99. The van der Waals surface area contributed by atoms with Crippen LogP contribution >= 0.6 is 11.8 Å². The van der Waals surface area contributed by atoms with E-state index >= 15 is 0 Å². The molecule has 2 N–H and O–H groups in total. The van der Waals surface area contributed by atoms with E-state index < -0.39 is 0 Å². The fraction of sp³-hybridized carbons (Fsp3) is 0.500. The highest BCUT2D eigenvalue weighted by Gasteiger charge is 2.21. The monoisotopic (exact) mass is 264 g/mol. The molecule has 0 aliphatic carbocycles. The van der Waals surface area contributed by atoms with Gasteiger partial charge < -0.3 is 10.6 Å². The number of rotatable bonds is 3. The van der Waals surface area contributed by atoms with Gasteiger partial charge in [0, 0.05) is 23.7 Å². The highest BCUT2D eigenvalue weighted by Crippen LogP contribution is 2.24. The van der Waals surface area contributed by atoms with Crippen LogP contribution in [0.5, 0.6) is 0 Å². The van der Waals surface area contributed by atoms with Gasteiger partial charge in [0.25, 0.3) is 0 Å².